The van der Waals surface area contributed by atoms with E-state index >= 15 is 0 Å². The van der Waals surface area contributed by atoms with Gasteiger partial charge in [0.25, 0.3) is 5.91 Å². The molecule has 1 N–H and O–H groups in total. The van der Waals surface area contributed by atoms with Crippen LogP contribution in [-0.4, -0.2) is 71.0 Å². The maximum Gasteiger partial charge on any atom is 0.255 e. The van der Waals surface area contributed by atoms with E-state index in [-0.39, 0.29) is 24.3 Å². The van der Waals surface area contributed by atoms with Crippen molar-refractivity contribution in [2.75, 3.05) is 26.3 Å². The number of fused-ring (bicyclic) bond motifs is 2. The Morgan fingerprint density at radius 2 is 1.95 bits per heavy atom. The SMILES string of the molecule is O=C1CC[C@H](N2Cc3cc(O[C@H]4CCN(Cc5ccc6nc([C@H]7CCOC7)ccc6c5)C4)ccc3C2=O)C(=O)N1. The number of nitrogens with zero attached hydrogens (tertiary/aromatic N) is 3. The van der Waals surface area contributed by atoms with Gasteiger partial charge in [0.1, 0.15) is 17.9 Å². The van der Waals surface area contributed by atoms with Crippen LogP contribution in [0.4, 0.5) is 0 Å². The minimum atomic E-state index is -0.611. The number of carbonyl (C=O) groups excluding carboxylic acids is 3. The van der Waals surface area contributed by atoms with Crippen molar-refractivity contribution in [3.63, 3.8) is 0 Å². The quantitative estimate of drug-likeness (QED) is 0.480. The lowest BCUT2D eigenvalue weighted by molar-refractivity contribution is -0.136. The summed E-state index contributed by atoms with van der Waals surface area (Å²) in [6.45, 7) is 4.57. The molecular weight excluding hydrogens is 508 g/mol. The van der Waals surface area contributed by atoms with Crippen molar-refractivity contribution in [2.45, 2.75) is 56.8 Å². The largest absolute Gasteiger partial charge is 0.489 e. The summed E-state index contributed by atoms with van der Waals surface area (Å²) in [6.07, 6.45) is 2.64. The van der Waals surface area contributed by atoms with E-state index in [1.165, 1.54) is 5.56 Å². The van der Waals surface area contributed by atoms with Crippen molar-refractivity contribution < 1.29 is 23.9 Å². The van der Waals surface area contributed by atoms with Crippen molar-refractivity contribution in [3.8, 4) is 5.75 Å². The highest BCUT2D eigenvalue weighted by atomic mass is 16.5. The van der Waals surface area contributed by atoms with Gasteiger partial charge in [0, 0.05) is 61.8 Å². The van der Waals surface area contributed by atoms with E-state index in [2.05, 4.69) is 40.5 Å². The zero-order chi connectivity index (χ0) is 27.2. The van der Waals surface area contributed by atoms with Crippen molar-refractivity contribution in [1.29, 1.82) is 0 Å². The van der Waals surface area contributed by atoms with Crippen LogP contribution in [0, 0.1) is 0 Å². The number of benzene rings is 2. The Bertz CT molecular complexity index is 1500. The Kier molecular flexibility index (Phi) is 6.48. The number of hydrogen-bond donors (Lipinski definition) is 1. The standard InChI is InChI=1S/C31H32N4O5/c36-29-8-7-28(30(37)33-29)35-16-22-14-23(3-4-25(22)31(35)38)40-24-9-11-34(17-24)15-19-1-5-26-20(13-19)2-6-27(32-26)21-10-12-39-18-21/h1-6,13-14,21,24,28H,7-12,15-18H2,(H,33,36,37)/t21-,24-,28-/m0/s1. The molecule has 206 valence electrons. The number of ether oxygens (including phenoxy) is 2. The van der Waals surface area contributed by atoms with Gasteiger partial charge in [-0.2, -0.15) is 0 Å². The maximum absolute atomic E-state index is 13.0. The number of nitrogens with one attached hydrogen (secondary N) is 1. The molecule has 4 aliphatic heterocycles. The number of likely N-dealkylation sites (tertiary alicyclic amines) is 1. The molecule has 1 aromatic heterocycles. The smallest absolute Gasteiger partial charge is 0.255 e. The molecule has 2 aromatic carbocycles. The number of amides is 3. The van der Waals surface area contributed by atoms with E-state index in [1.54, 1.807) is 11.0 Å². The fourth-order valence-electron chi connectivity index (χ4n) is 6.40. The Morgan fingerprint density at radius 3 is 2.80 bits per heavy atom. The first-order valence-corrected chi connectivity index (χ1v) is 14.1. The second kappa shape index (κ2) is 10.3. The van der Waals surface area contributed by atoms with Gasteiger partial charge in [0.2, 0.25) is 11.8 Å². The lowest BCUT2D eigenvalue weighted by Gasteiger charge is -2.29. The van der Waals surface area contributed by atoms with E-state index in [9.17, 15) is 14.4 Å². The molecule has 0 spiro atoms. The predicted octanol–water partition coefficient (Wildman–Crippen LogP) is 3.15. The Morgan fingerprint density at radius 1 is 1.02 bits per heavy atom. The second-order valence-electron chi connectivity index (χ2n) is 11.3. The second-order valence-corrected chi connectivity index (χ2v) is 11.3. The summed E-state index contributed by atoms with van der Waals surface area (Å²) in [5, 5.41) is 3.51. The molecule has 0 aliphatic carbocycles. The van der Waals surface area contributed by atoms with Gasteiger partial charge in [-0.1, -0.05) is 12.1 Å². The normalized spacial score (nSPS) is 25.1. The van der Waals surface area contributed by atoms with Crippen LogP contribution in [0.3, 0.4) is 0 Å². The van der Waals surface area contributed by atoms with Gasteiger partial charge >= 0.3 is 0 Å². The number of piperidine rings is 1. The molecule has 7 rings (SSSR count). The van der Waals surface area contributed by atoms with Gasteiger partial charge in [0.15, 0.2) is 0 Å². The Labute approximate surface area is 232 Å². The van der Waals surface area contributed by atoms with Crippen molar-refractivity contribution in [2.24, 2.45) is 0 Å². The summed E-state index contributed by atoms with van der Waals surface area (Å²) in [5.41, 5.74) is 4.87. The summed E-state index contributed by atoms with van der Waals surface area (Å²) in [5.74, 6) is 0.294. The van der Waals surface area contributed by atoms with Crippen LogP contribution in [0.2, 0.25) is 0 Å². The van der Waals surface area contributed by atoms with Gasteiger partial charge in [-0.25, -0.2) is 0 Å². The molecule has 0 radical (unpaired) electrons. The summed E-state index contributed by atoms with van der Waals surface area (Å²) >= 11 is 0. The van der Waals surface area contributed by atoms with E-state index in [1.807, 2.05) is 12.1 Å². The summed E-state index contributed by atoms with van der Waals surface area (Å²) in [6, 6.07) is 15.8. The molecular formula is C31H32N4O5. The zero-order valence-electron chi connectivity index (χ0n) is 22.3. The molecule has 5 heterocycles. The first-order chi connectivity index (χ1) is 19.5. The van der Waals surface area contributed by atoms with Crippen LogP contribution in [0.1, 0.15) is 58.8 Å². The highest BCUT2D eigenvalue weighted by molar-refractivity contribution is 6.05. The lowest BCUT2D eigenvalue weighted by Crippen LogP contribution is -2.52. The fraction of sp³-hybridized carbons (Fsp3) is 0.419. The number of carbonyl (C=O) groups is 3. The van der Waals surface area contributed by atoms with Gasteiger partial charge in [0.05, 0.1) is 12.1 Å². The van der Waals surface area contributed by atoms with Crippen LogP contribution in [0.25, 0.3) is 10.9 Å². The molecule has 0 unspecified atom stereocenters. The molecule has 3 saturated heterocycles. The minimum absolute atomic E-state index is 0.0692. The monoisotopic (exact) mass is 540 g/mol. The summed E-state index contributed by atoms with van der Waals surface area (Å²) in [7, 11) is 0. The van der Waals surface area contributed by atoms with Crippen LogP contribution < -0.4 is 10.1 Å². The topological polar surface area (TPSA) is 101 Å². The first kappa shape index (κ1) is 25.2. The van der Waals surface area contributed by atoms with Crippen molar-refractivity contribution in [3.05, 3.63) is 70.9 Å². The van der Waals surface area contributed by atoms with Crippen LogP contribution in [-0.2, 0) is 27.4 Å². The fourth-order valence-corrected chi connectivity index (χ4v) is 6.40. The number of hydrogen-bond acceptors (Lipinski definition) is 7. The highest BCUT2D eigenvalue weighted by Crippen LogP contribution is 2.31. The number of rotatable bonds is 6. The zero-order valence-corrected chi connectivity index (χ0v) is 22.3. The van der Waals surface area contributed by atoms with Crippen LogP contribution in [0.5, 0.6) is 5.75 Å². The van der Waals surface area contributed by atoms with Crippen LogP contribution in [0.15, 0.2) is 48.5 Å². The van der Waals surface area contributed by atoms with Gasteiger partial charge in [-0.3, -0.25) is 29.6 Å². The molecule has 3 amide bonds. The lowest BCUT2D eigenvalue weighted by atomic mass is 10.0. The third-order valence-electron chi connectivity index (χ3n) is 8.56. The molecule has 3 atom stereocenters. The predicted molar refractivity (Wildman–Crippen MR) is 147 cm³/mol. The average Bonchev–Trinajstić information content (AvgIpc) is 3.70. The Hall–Kier alpha value is -3.82. The Balaban J connectivity index is 0.965. The molecule has 3 fully saturated rings. The maximum atomic E-state index is 13.0. The van der Waals surface area contributed by atoms with E-state index in [0.717, 1.165) is 73.6 Å². The summed E-state index contributed by atoms with van der Waals surface area (Å²) < 4.78 is 11.9. The van der Waals surface area contributed by atoms with Gasteiger partial charge in [-0.05, 0) is 66.8 Å². The van der Waals surface area contributed by atoms with E-state index in [0.29, 0.717) is 24.4 Å². The summed E-state index contributed by atoms with van der Waals surface area (Å²) in [4.78, 5) is 45.6. The molecule has 0 bridgehead atoms. The first-order valence-electron chi connectivity index (χ1n) is 14.1. The molecule has 4 aliphatic rings. The third kappa shape index (κ3) is 4.84. The molecule has 3 aromatic rings. The van der Waals surface area contributed by atoms with E-state index < -0.39 is 11.9 Å². The third-order valence-corrected chi connectivity index (χ3v) is 8.56. The molecule has 0 saturated carbocycles. The minimum Gasteiger partial charge on any atom is -0.489 e. The van der Waals surface area contributed by atoms with Crippen molar-refractivity contribution in [1.82, 2.24) is 20.1 Å². The number of pyridine rings is 1. The van der Waals surface area contributed by atoms with Crippen molar-refractivity contribution >= 4 is 28.6 Å². The molecule has 9 nitrogen and oxygen atoms in total. The molecule has 9 heteroatoms. The van der Waals surface area contributed by atoms with E-state index in [4.69, 9.17) is 14.5 Å². The number of aromatic nitrogens is 1. The average molecular weight is 541 g/mol. The highest BCUT2D eigenvalue weighted by Gasteiger charge is 2.39. The van der Waals surface area contributed by atoms with Gasteiger partial charge < -0.3 is 14.4 Å². The van der Waals surface area contributed by atoms with Gasteiger partial charge in [-0.15, -0.1) is 0 Å². The van der Waals surface area contributed by atoms with Crippen LogP contribution >= 0.6 is 0 Å². The number of imide groups is 1. The molecule has 40 heavy (non-hydrogen) atoms.